The highest BCUT2D eigenvalue weighted by atomic mass is 35.5. The second-order valence-corrected chi connectivity index (χ2v) is 9.87. The second-order valence-electron chi connectivity index (χ2n) is 8.49. The number of halogens is 1. The molecule has 0 radical (unpaired) electrons. The molecule has 190 valence electrons. The van der Waals surface area contributed by atoms with Crippen LogP contribution in [0.3, 0.4) is 0 Å². The van der Waals surface area contributed by atoms with Crippen LogP contribution in [0.2, 0.25) is 5.02 Å². The Morgan fingerprint density at radius 3 is 2.67 bits per heavy atom. The van der Waals surface area contributed by atoms with Gasteiger partial charge in [0.25, 0.3) is 5.91 Å². The van der Waals surface area contributed by atoms with E-state index in [-0.39, 0.29) is 29.5 Å². The van der Waals surface area contributed by atoms with Crippen LogP contribution in [-0.2, 0) is 11.3 Å². The summed E-state index contributed by atoms with van der Waals surface area (Å²) in [4.78, 5) is 25.6. The number of aromatic nitrogens is 3. The Labute approximate surface area is 220 Å². The van der Waals surface area contributed by atoms with Crippen molar-refractivity contribution in [3.63, 3.8) is 0 Å². The van der Waals surface area contributed by atoms with Gasteiger partial charge in [0.2, 0.25) is 5.91 Å². The summed E-state index contributed by atoms with van der Waals surface area (Å²) in [6.45, 7) is 10.2. The number of carbonyl (C=O) groups excluding carboxylic acids is 2. The molecule has 2 aromatic carbocycles. The zero-order chi connectivity index (χ0) is 26.2. The van der Waals surface area contributed by atoms with E-state index in [4.69, 9.17) is 16.3 Å². The molecule has 0 fully saturated rings. The minimum Gasteiger partial charge on any atom is -0.495 e. The number of thioether (sulfide) groups is 1. The molecule has 0 aliphatic carbocycles. The molecule has 1 aromatic heterocycles. The molecule has 0 saturated carbocycles. The Kier molecular flexibility index (Phi) is 9.55. The highest BCUT2D eigenvalue weighted by Crippen LogP contribution is 2.29. The van der Waals surface area contributed by atoms with Gasteiger partial charge in [-0.3, -0.25) is 9.59 Å². The number of allylic oxidation sites excluding steroid dienone is 1. The van der Waals surface area contributed by atoms with Crippen LogP contribution in [0.5, 0.6) is 5.75 Å². The maximum absolute atomic E-state index is 13.0. The number of nitrogens with one attached hydrogen (secondary N) is 2. The molecule has 10 heteroatoms. The molecule has 1 atom stereocenters. The standard InChI is InChI=1S/C26H30ClN5O3S/c1-6-12-32-24(23(16(2)3)29-25(34)18-9-7-8-17(4)13-18)30-31-26(32)36-15-22(33)28-20-14-19(27)10-11-21(20)35-5/h6-11,13-14,16,23H,1,12,15H2,2-5H3,(H,28,33)(H,29,34)/t23-/m1/s1. The number of anilines is 1. The van der Waals surface area contributed by atoms with Crippen LogP contribution in [0.1, 0.15) is 41.6 Å². The number of benzene rings is 2. The third-order valence-corrected chi connectivity index (χ3v) is 6.54. The average molecular weight is 528 g/mol. The van der Waals surface area contributed by atoms with E-state index in [9.17, 15) is 9.59 Å². The number of methoxy groups -OCH3 is 1. The number of carbonyl (C=O) groups is 2. The van der Waals surface area contributed by atoms with Gasteiger partial charge in [-0.25, -0.2) is 0 Å². The van der Waals surface area contributed by atoms with Gasteiger partial charge >= 0.3 is 0 Å². The molecule has 1 heterocycles. The Bertz CT molecular complexity index is 1240. The van der Waals surface area contributed by atoms with Gasteiger partial charge in [-0.1, -0.05) is 61.0 Å². The number of nitrogens with zero attached hydrogens (tertiary/aromatic N) is 3. The van der Waals surface area contributed by atoms with Gasteiger partial charge in [0.15, 0.2) is 11.0 Å². The highest BCUT2D eigenvalue weighted by molar-refractivity contribution is 7.99. The first kappa shape index (κ1) is 27.3. The van der Waals surface area contributed by atoms with E-state index in [0.717, 1.165) is 5.56 Å². The van der Waals surface area contributed by atoms with Crippen LogP contribution >= 0.6 is 23.4 Å². The summed E-state index contributed by atoms with van der Waals surface area (Å²) in [5.41, 5.74) is 2.08. The van der Waals surface area contributed by atoms with Crippen molar-refractivity contribution in [3.05, 3.63) is 77.1 Å². The third-order valence-electron chi connectivity index (χ3n) is 5.34. The fraction of sp³-hybridized carbons (Fsp3) is 0.308. The minimum absolute atomic E-state index is 0.0444. The van der Waals surface area contributed by atoms with E-state index in [1.807, 2.05) is 43.5 Å². The number of ether oxygens (including phenoxy) is 1. The van der Waals surface area contributed by atoms with Crippen LogP contribution < -0.4 is 15.4 Å². The van der Waals surface area contributed by atoms with Crippen molar-refractivity contribution in [1.29, 1.82) is 0 Å². The van der Waals surface area contributed by atoms with E-state index in [1.54, 1.807) is 30.3 Å². The first-order chi connectivity index (χ1) is 17.2. The van der Waals surface area contributed by atoms with E-state index >= 15 is 0 Å². The van der Waals surface area contributed by atoms with Crippen LogP contribution in [-0.4, -0.2) is 39.4 Å². The number of rotatable bonds is 11. The molecule has 0 bridgehead atoms. The van der Waals surface area contributed by atoms with Gasteiger partial charge in [-0.2, -0.15) is 0 Å². The molecule has 2 N–H and O–H groups in total. The average Bonchev–Trinajstić information content (AvgIpc) is 3.23. The molecule has 0 unspecified atom stereocenters. The van der Waals surface area contributed by atoms with Crippen LogP contribution in [0, 0.1) is 12.8 Å². The summed E-state index contributed by atoms with van der Waals surface area (Å²) in [7, 11) is 1.52. The molecule has 2 amide bonds. The predicted molar refractivity (Wildman–Crippen MR) is 144 cm³/mol. The molecule has 0 spiro atoms. The zero-order valence-electron chi connectivity index (χ0n) is 20.7. The maximum atomic E-state index is 13.0. The topological polar surface area (TPSA) is 98.1 Å². The Morgan fingerprint density at radius 1 is 1.22 bits per heavy atom. The van der Waals surface area contributed by atoms with Crippen molar-refractivity contribution < 1.29 is 14.3 Å². The molecule has 0 aliphatic heterocycles. The van der Waals surface area contributed by atoms with Gasteiger partial charge in [-0.05, 0) is 43.2 Å². The maximum Gasteiger partial charge on any atom is 0.251 e. The van der Waals surface area contributed by atoms with E-state index in [0.29, 0.717) is 39.5 Å². The molecule has 0 saturated heterocycles. The summed E-state index contributed by atoms with van der Waals surface area (Å²) in [5.74, 6) is 0.817. The van der Waals surface area contributed by atoms with Gasteiger partial charge in [0, 0.05) is 17.1 Å². The minimum atomic E-state index is -0.385. The fourth-order valence-corrected chi connectivity index (χ4v) is 4.50. The van der Waals surface area contributed by atoms with Crippen LogP contribution in [0.4, 0.5) is 5.69 Å². The summed E-state index contributed by atoms with van der Waals surface area (Å²) in [6, 6.07) is 12.0. The van der Waals surface area contributed by atoms with Gasteiger partial charge in [-0.15, -0.1) is 16.8 Å². The first-order valence-electron chi connectivity index (χ1n) is 11.4. The third kappa shape index (κ3) is 6.89. The quantitative estimate of drug-likeness (QED) is 0.259. The van der Waals surface area contributed by atoms with Gasteiger partial charge < -0.3 is 19.9 Å². The van der Waals surface area contributed by atoms with Crippen molar-refractivity contribution in [2.75, 3.05) is 18.2 Å². The second kappa shape index (κ2) is 12.6. The van der Waals surface area contributed by atoms with Gasteiger partial charge in [0.05, 0.1) is 24.6 Å². The summed E-state index contributed by atoms with van der Waals surface area (Å²) < 4.78 is 7.15. The van der Waals surface area contributed by atoms with Crippen LogP contribution in [0.25, 0.3) is 0 Å². The SMILES string of the molecule is C=CCn1c(SCC(=O)Nc2cc(Cl)ccc2OC)nnc1[C@H](NC(=O)c1cccc(C)c1)C(C)C. The first-order valence-corrected chi connectivity index (χ1v) is 12.8. The normalized spacial score (nSPS) is 11.7. The summed E-state index contributed by atoms with van der Waals surface area (Å²) >= 11 is 7.30. The number of hydrogen-bond acceptors (Lipinski definition) is 6. The van der Waals surface area contributed by atoms with Crippen LogP contribution in [0.15, 0.2) is 60.3 Å². The molecule has 8 nitrogen and oxygen atoms in total. The Balaban J connectivity index is 1.76. The Morgan fingerprint density at radius 2 is 2.00 bits per heavy atom. The molecular formula is C26H30ClN5O3S. The molecule has 3 aromatic rings. The van der Waals surface area contributed by atoms with Crippen molar-refractivity contribution in [2.24, 2.45) is 5.92 Å². The Hall–Kier alpha value is -3.30. The molecule has 3 rings (SSSR count). The molecular weight excluding hydrogens is 498 g/mol. The monoisotopic (exact) mass is 527 g/mol. The zero-order valence-corrected chi connectivity index (χ0v) is 22.3. The van der Waals surface area contributed by atoms with E-state index < -0.39 is 0 Å². The van der Waals surface area contributed by atoms with Crippen molar-refractivity contribution in [3.8, 4) is 5.75 Å². The van der Waals surface area contributed by atoms with E-state index in [1.165, 1.54) is 18.9 Å². The van der Waals surface area contributed by atoms with Crippen molar-refractivity contribution in [2.45, 2.75) is 38.5 Å². The van der Waals surface area contributed by atoms with Gasteiger partial charge in [0.1, 0.15) is 5.75 Å². The van der Waals surface area contributed by atoms with Crippen molar-refractivity contribution >= 4 is 40.9 Å². The predicted octanol–water partition coefficient (Wildman–Crippen LogP) is 5.29. The largest absolute Gasteiger partial charge is 0.495 e. The molecule has 0 aliphatic rings. The number of hydrogen-bond donors (Lipinski definition) is 2. The van der Waals surface area contributed by atoms with E-state index in [2.05, 4.69) is 27.4 Å². The summed E-state index contributed by atoms with van der Waals surface area (Å²) in [6.07, 6.45) is 1.73. The lowest BCUT2D eigenvalue weighted by Gasteiger charge is -2.22. The lowest BCUT2D eigenvalue weighted by atomic mass is 10.0. The molecule has 36 heavy (non-hydrogen) atoms. The highest BCUT2D eigenvalue weighted by Gasteiger charge is 2.26. The number of amides is 2. The smallest absolute Gasteiger partial charge is 0.251 e. The lowest BCUT2D eigenvalue weighted by Crippen LogP contribution is -2.34. The van der Waals surface area contributed by atoms with Crippen molar-refractivity contribution in [1.82, 2.24) is 20.1 Å². The number of aryl methyl sites for hydroxylation is 1. The summed E-state index contributed by atoms with van der Waals surface area (Å²) in [5, 5.41) is 15.6. The lowest BCUT2D eigenvalue weighted by molar-refractivity contribution is -0.113. The fourth-order valence-electron chi connectivity index (χ4n) is 3.57.